The Morgan fingerprint density at radius 1 is 1.18 bits per heavy atom. The average molecular weight is 386 g/mol. The molecule has 1 amide bonds. The fourth-order valence-electron chi connectivity index (χ4n) is 5.29. The lowest BCUT2D eigenvalue weighted by Gasteiger charge is -2.33. The maximum Gasteiger partial charge on any atom is 0.307 e. The zero-order valence-corrected chi connectivity index (χ0v) is 16.4. The minimum absolute atomic E-state index is 0.0404. The number of carboxylic acid groups (broad SMARTS) is 1. The van der Waals surface area contributed by atoms with E-state index in [1.54, 1.807) is 6.92 Å². The van der Waals surface area contributed by atoms with Crippen LogP contribution in [0.5, 0.6) is 0 Å². The standard InChI is InChI=1S/C22H30N2O4/c1-14(20(25)26)11-24-12-17-18(13-24)19(17)23-21(27)22(28,16-9-5-6-10-16)15-7-3-2-4-8-15/h2-4,7-8,14,16-19,28H,5-6,9-13H2,1H3,(H,23,27)(H,25,26)/t14?,17-,18?,19+,22?/m0/s1. The number of benzene rings is 1. The number of likely N-dealkylation sites (tertiary alicyclic amines) is 1. The number of carbonyl (C=O) groups excluding carboxylic acids is 1. The highest BCUT2D eigenvalue weighted by molar-refractivity contribution is 5.87. The number of hydrogen-bond acceptors (Lipinski definition) is 4. The van der Waals surface area contributed by atoms with Crippen LogP contribution >= 0.6 is 0 Å². The van der Waals surface area contributed by atoms with E-state index >= 15 is 0 Å². The summed E-state index contributed by atoms with van der Waals surface area (Å²) in [5, 5.41) is 23.8. The molecule has 1 saturated heterocycles. The van der Waals surface area contributed by atoms with Crippen LogP contribution < -0.4 is 5.32 Å². The van der Waals surface area contributed by atoms with E-state index in [-0.39, 0.29) is 23.8 Å². The highest BCUT2D eigenvalue weighted by Crippen LogP contribution is 2.47. The second-order valence-electron chi connectivity index (χ2n) is 8.90. The maximum atomic E-state index is 13.2. The first-order valence-electron chi connectivity index (χ1n) is 10.4. The van der Waals surface area contributed by atoms with E-state index in [1.807, 2.05) is 30.3 Å². The Labute approximate surface area is 165 Å². The van der Waals surface area contributed by atoms with Crippen molar-refractivity contribution in [2.75, 3.05) is 19.6 Å². The molecule has 1 aromatic carbocycles. The number of aliphatic hydroxyl groups is 1. The number of rotatable bonds is 7. The number of amides is 1. The molecular weight excluding hydrogens is 356 g/mol. The molecule has 1 heterocycles. The van der Waals surface area contributed by atoms with Crippen LogP contribution in [0.3, 0.4) is 0 Å². The van der Waals surface area contributed by atoms with Crippen molar-refractivity contribution >= 4 is 11.9 Å². The monoisotopic (exact) mass is 386 g/mol. The van der Waals surface area contributed by atoms with Gasteiger partial charge in [-0.05, 0) is 30.2 Å². The van der Waals surface area contributed by atoms with Gasteiger partial charge in [-0.15, -0.1) is 0 Å². The summed E-state index contributed by atoms with van der Waals surface area (Å²) >= 11 is 0. The molecule has 4 rings (SSSR count). The van der Waals surface area contributed by atoms with Crippen LogP contribution in [0.4, 0.5) is 0 Å². The molecule has 1 aliphatic heterocycles. The summed E-state index contributed by atoms with van der Waals surface area (Å²) in [6.45, 7) is 3.92. The highest BCUT2D eigenvalue weighted by Gasteiger charge is 2.58. The third kappa shape index (κ3) is 3.44. The summed E-state index contributed by atoms with van der Waals surface area (Å²) in [5.74, 6) is -0.718. The van der Waals surface area contributed by atoms with Crippen molar-refractivity contribution in [3.05, 3.63) is 35.9 Å². The number of aliphatic carboxylic acids is 1. The van der Waals surface area contributed by atoms with Crippen molar-refractivity contribution in [1.82, 2.24) is 10.2 Å². The number of nitrogens with one attached hydrogen (secondary N) is 1. The third-order valence-electron chi connectivity index (χ3n) is 7.03. The smallest absolute Gasteiger partial charge is 0.307 e. The van der Waals surface area contributed by atoms with Gasteiger partial charge in [-0.25, -0.2) is 0 Å². The first kappa shape index (κ1) is 19.4. The molecule has 6 heteroatoms. The summed E-state index contributed by atoms with van der Waals surface area (Å²) in [6, 6.07) is 9.43. The molecule has 28 heavy (non-hydrogen) atoms. The van der Waals surface area contributed by atoms with Crippen LogP contribution in [0, 0.1) is 23.7 Å². The lowest BCUT2D eigenvalue weighted by molar-refractivity contribution is -0.147. The molecule has 152 valence electrons. The summed E-state index contributed by atoms with van der Waals surface area (Å²) in [4.78, 5) is 26.5. The fourth-order valence-corrected chi connectivity index (χ4v) is 5.29. The van der Waals surface area contributed by atoms with Crippen molar-refractivity contribution in [3.63, 3.8) is 0 Å². The van der Waals surface area contributed by atoms with Gasteiger partial charge in [0.05, 0.1) is 5.92 Å². The third-order valence-corrected chi connectivity index (χ3v) is 7.03. The Morgan fingerprint density at radius 3 is 2.36 bits per heavy atom. The van der Waals surface area contributed by atoms with Crippen molar-refractivity contribution < 1.29 is 19.8 Å². The van der Waals surface area contributed by atoms with Crippen LogP contribution in [0.15, 0.2) is 30.3 Å². The number of hydrogen-bond donors (Lipinski definition) is 3. The summed E-state index contributed by atoms with van der Waals surface area (Å²) in [5.41, 5.74) is -0.784. The zero-order valence-electron chi connectivity index (χ0n) is 16.4. The first-order chi connectivity index (χ1) is 13.4. The van der Waals surface area contributed by atoms with E-state index in [2.05, 4.69) is 10.2 Å². The van der Waals surface area contributed by atoms with Crippen LogP contribution in [-0.2, 0) is 15.2 Å². The second kappa shape index (κ2) is 7.48. The summed E-state index contributed by atoms with van der Waals surface area (Å²) < 4.78 is 0. The number of carbonyl (C=O) groups is 2. The van der Waals surface area contributed by atoms with Crippen molar-refractivity contribution in [3.8, 4) is 0 Å². The molecule has 5 atom stereocenters. The Balaban J connectivity index is 1.40. The zero-order chi connectivity index (χ0) is 19.9. The largest absolute Gasteiger partial charge is 0.481 e. The van der Waals surface area contributed by atoms with Gasteiger partial charge in [-0.1, -0.05) is 50.1 Å². The molecule has 3 unspecified atom stereocenters. The van der Waals surface area contributed by atoms with Crippen LogP contribution in [0.2, 0.25) is 0 Å². The Morgan fingerprint density at radius 2 is 1.79 bits per heavy atom. The van der Waals surface area contributed by atoms with E-state index < -0.39 is 11.6 Å². The van der Waals surface area contributed by atoms with Gasteiger partial charge in [-0.2, -0.15) is 0 Å². The van der Waals surface area contributed by atoms with Gasteiger partial charge in [-0.3, -0.25) is 9.59 Å². The number of carboxylic acids is 1. The number of piperidine rings is 1. The minimum Gasteiger partial charge on any atom is -0.481 e. The van der Waals surface area contributed by atoms with E-state index in [4.69, 9.17) is 5.11 Å². The molecule has 2 aliphatic carbocycles. The highest BCUT2D eigenvalue weighted by atomic mass is 16.4. The minimum atomic E-state index is -1.47. The van der Waals surface area contributed by atoms with Crippen LogP contribution in [-0.4, -0.2) is 52.7 Å². The molecule has 3 fully saturated rings. The molecule has 0 bridgehead atoms. The van der Waals surface area contributed by atoms with Crippen molar-refractivity contribution in [1.29, 1.82) is 0 Å². The Kier molecular flexibility index (Phi) is 5.19. The predicted octanol–water partition coefficient (Wildman–Crippen LogP) is 1.83. The maximum absolute atomic E-state index is 13.2. The molecular formula is C22H30N2O4. The molecule has 3 N–H and O–H groups in total. The van der Waals surface area contributed by atoms with Gasteiger partial charge in [0, 0.05) is 31.6 Å². The molecule has 2 saturated carbocycles. The van der Waals surface area contributed by atoms with Gasteiger partial charge in [0.1, 0.15) is 0 Å². The summed E-state index contributed by atoms with van der Waals surface area (Å²) in [7, 11) is 0. The van der Waals surface area contributed by atoms with E-state index in [0.717, 1.165) is 38.8 Å². The molecule has 3 aliphatic rings. The lowest BCUT2D eigenvalue weighted by atomic mass is 9.79. The normalized spacial score (nSPS) is 30.4. The molecule has 6 nitrogen and oxygen atoms in total. The van der Waals surface area contributed by atoms with Crippen molar-refractivity contribution in [2.24, 2.45) is 23.7 Å². The number of fused-ring (bicyclic) bond motifs is 1. The van der Waals surface area contributed by atoms with E-state index in [0.29, 0.717) is 23.9 Å². The van der Waals surface area contributed by atoms with Gasteiger partial charge in [0.15, 0.2) is 5.60 Å². The SMILES string of the molecule is CC(CN1CC2[C@H](C1)[C@H]2NC(=O)C(O)(c1ccccc1)C1CCCC1)C(=O)O. The average Bonchev–Trinajstić information content (AvgIpc) is 3.11. The fraction of sp³-hybridized carbons (Fsp3) is 0.636. The second-order valence-corrected chi connectivity index (χ2v) is 8.90. The van der Waals surface area contributed by atoms with Gasteiger partial charge >= 0.3 is 5.97 Å². The van der Waals surface area contributed by atoms with E-state index in [9.17, 15) is 14.7 Å². The quantitative estimate of drug-likeness (QED) is 0.665. The van der Waals surface area contributed by atoms with Gasteiger partial charge in [0.2, 0.25) is 0 Å². The Hall–Kier alpha value is -1.92. The molecule has 0 aromatic heterocycles. The Bertz CT molecular complexity index is 721. The predicted molar refractivity (Wildman–Crippen MR) is 104 cm³/mol. The molecule has 0 radical (unpaired) electrons. The topological polar surface area (TPSA) is 89.9 Å². The van der Waals surface area contributed by atoms with Crippen LogP contribution in [0.25, 0.3) is 0 Å². The molecule has 0 spiro atoms. The molecule has 1 aromatic rings. The van der Waals surface area contributed by atoms with Gasteiger partial charge in [0.25, 0.3) is 5.91 Å². The van der Waals surface area contributed by atoms with Gasteiger partial charge < -0.3 is 20.4 Å². The van der Waals surface area contributed by atoms with Crippen molar-refractivity contribution in [2.45, 2.75) is 44.2 Å². The van der Waals surface area contributed by atoms with E-state index in [1.165, 1.54) is 0 Å². The van der Waals surface area contributed by atoms with Crippen LogP contribution in [0.1, 0.15) is 38.2 Å². The lowest BCUT2D eigenvalue weighted by Crippen LogP contribution is -2.51. The first-order valence-corrected chi connectivity index (χ1v) is 10.4. The number of nitrogens with zero attached hydrogens (tertiary/aromatic N) is 1. The summed E-state index contributed by atoms with van der Waals surface area (Å²) in [6.07, 6.45) is 3.85.